The number of nitrogens with zero attached hydrogens (tertiary/aromatic N) is 5. The van der Waals surface area contributed by atoms with Gasteiger partial charge in [0.15, 0.2) is 6.17 Å². The standard InChI is InChI=1S/C47H36FN5/c1-47(2)37-26-25-36-35-20-7-9-23-40(35)52(33-17-5-4-6-18-33)43(36)44(37)53(46-38(47)21-13-27-49-46)34-19-12-15-31(29-34)42(48)30-14-11-16-32(28-30)45-50-39-22-8-10-24-41(39)51(45)3/h4-29,42H,1-3H3. The number of alkyl halides is 1. The third-order valence-electron chi connectivity index (χ3n) is 11.0. The fraction of sp³-hybridized carbons (Fsp3) is 0.106. The van der Waals surface area contributed by atoms with Crippen molar-refractivity contribution in [3.8, 4) is 17.1 Å². The van der Waals surface area contributed by atoms with Crippen molar-refractivity contribution >= 4 is 50.0 Å². The average molecular weight is 690 g/mol. The van der Waals surface area contributed by atoms with Crippen molar-refractivity contribution in [3.63, 3.8) is 0 Å². The molecule has 53 heavy (non-hydrogen) atoms. The van der Waals surface area contributed by atoms with E-state index in [1.165, 1.54) is 10.9 Å². The number of fused-ring (bicyclic) bond motifs is 7. The molecule has 0 spiro atoms. The maximum atomic E-state index is 16.9. The van der Waals surface area contributed by atoms with Crippen LogP contribution >= 0.6 is 0 Å². The smallest absolute Gasteiger partial charge is 0.150 e. The van der Waals surface area contributed by atoms with Gasteiger partial charge in [0, 0.05) is 51.9 Å². The number of benzene rings is 6. The van der Waals surface area contributed by atoms with E-state index in [4.69, 9.17) is 9.97 Å². The summed E-state index contributed by atoms with van der Waals surface area (Å²) in [6.45, 7) is 4.55. The quantitative estimate of drug-likeness (QED) is 0.181. The highest BCUT2D eigenvalue weighted by atomic mass is 19.1. The molecular formula is C47H36FN5. The van der Waals surface area contributed by atoms with Crippen LogP contribution in [0.1, 0.15) is 42.3 Å². The molecule has 0 N–H and O–H groups in total. The highest BCUT2D eigenvalue weighted by Crippen LogP contribution is 2.55. The Bertz CT molecular complexity index is 2870. The number of hydrogen-bond acceptors (Lipinski definition) is 3. The average Bonchev–Trinajstić information content (AvgIpc) is 3.73. The molecule has 3 aromatic heterocycles. The van der Waals surface area contributed by atoms with Crippen molar-refractivity contribution in [2.24, 2.45) is 7.05 Å². The first-order chi connectivity index (χ1) is 25.9. The van der Waals surface area contributed by atoms with Crippen LogP contribution in [-0.4, -0.2) is 19.1 Å². The van der Waals surface area contributed by atoms with E-state index in [1.54, 1.807) is 0 Å². The number of anilines is 3. The van der Waals surface area contributed by atoms with Gasteiger partial charge >= 0.3 is 0 Å². The number of pyridine rings is 1. The molecule has 1 aliphatic rings. The Hall–Kier alpha value is -6.53. The molecule has 256 valence electrons. The molecule has 0 bridgehead atoms. The molecule has 9 aromatic rings. The Morgan fingerprint density at radius 3 is 2.17 bits per heavy atom. The Morgan fingerprint density at radius 1 is 0.623 bits per heavy atom. The molecule has 10 rings (SSSR count). The van der Waals surface area contributed by atoms with Crippen molar-refractivity contribution in [1.82, 2.24) is 19.1 Å². The van der Waals surface area contributed by atoms with E-state index in [0.29, 0.717) is 11.1 Å². The second-order valence-corrected chi connectivity index (χ2v) is 14.4. The predicted molar refractivity (Wildman–Crippen MR) is 214 cm³/mol. The van der Waals surface area contributed by atoms with Crippen LogP contribution in [0.5, 0.6) is 0 Å². The van der Waals surface area contributed by atoms with Gasteiger partial charge in [0.1, 0.15) is 11.6 Å². The maximum absolute atomic E-state index is 16.9. The lowest BCUT2D eigenvalue weighted by Crippen LogP contribution is -2.31. The molecule has 6 aromatic carbocycles. The topological polar surface area (TPSA) is 38.9 Å². The summed E-state index contributed by atoms with van der Waals surface area (Å²) in [6.07, 6.45) is 0.494. The number of aromatic nitrogens is 4. The lowest BCUT2D eigenvalue weighted by atomic mass is 9.74. The van der Waals surface area contributed by atoms with Gasteiger partial charge < -0.3 is 9.13 Å². The summed E-state index contributed by atoms with van der Waals surface area (Å²) in [7, 11) is 2.01. The molecule has 0 fully saturated rings. The molecule has 4 heterocycles. The zero-order valence-corrected chi connectivity index (χ0v) is 29.7. The van der Waals surface area contributed by atoms with Gasteiger partial charge in [-0.1, -0.05) is 111 Å². The molecule has 0 radical (unpaired) electrons. The summed E-state index contributed by atoms with van der Waals surface area (Å²) in [5, 5.41) is 2.33. The molecule has 0 saturated heterocycles. The summed E-state index contributed by atoms with van der Waals surface area (Å²) in [6, 6.07) is 51.5. The van der Waals surface area contributed by atoms with Gasteiger partial charge in [0.2, 0.25) is 0 Å². The number of rotatable bonds is 5. The minimum Gasteiger partial charge on any atom is -0.327 e. The molecule has 0 saturated carbocycles. The van der Waals surface area contributed by atoms with E-state index in [9.17, 15) is 0 Å². The largest absolute Gasteiger partial charge is 0.327 e. The summed E-state index contributed by atoms with van der Waals surface area (Å²) in [5.74, 6) is 1.65. The van der Waals surface area contributed by atoms with Gasteiger partial charge in [-0.3, -0.25) is 4.90 Å². The molecule has 1 unspecified atom stereocenters. The molecule has 1 aliphatic heterocycles. The summed E-state index contributed by atoms with van der Waals surface area (Å²) >= 11 is 0. The highest BCUT2D eigenvalue weighted by molar-refractivity contribution is 6.15. The third kappa shape index (κ3) is 4.68. The Balaban J connectivity index is 1.17. The first kappa shape index (κ1) is 31.2. The molecule has 5 nitrogen and oxygen atoms in total. The van der Waals surface area contributed by atoms with Crippen molar-refractivity contribution in [2.75, 3.05) is 4.90 Å². The highest BCUT2D eigenvalue weighted by Gasteiger charge is 2.40. The fourth-order valence-corrected chi connectivity index (χ4v) is 8.43. The summed E-state index contributed by atoms with van der Waals surface area (Å²) in [4.78, 5) is 12.2. The molecule has 0 amide bonds. The van der Waals surface area contributed by atoms with Gasteiger partial charge in [0.25, 0.3) is 0 Å². The van der Waals surface area contributed by atoms with E-state index >= 15 is 4.39 Å². The zero-order chi connectivity index (χ0) is 35.8. The lowest BCUT2D eigenvalue weighted by molar-refractivity contribution is 0.402. The van der Waals surface area contributed by atoms with E-state index in [1.807, 2.05) is 80.0 Å². The van der Waals surface area contributed by atoms with Crippen LogP contribution in [0.15, 0.2) is 158 Å². The van der Waals surface area contributed by atoms with Crippen LogP contribution in [-0.2, 0) is 12.5 Å². The number of aryl methyl sites for hydroxylation is 1. The van der Waals surface area contributed by atoms with E-state index < -0.39 is 6.17 Å². The minimum absolute atomic E-state index is 0.349. The predicted octanol–water partition coefficient (Wildman–Crippen LogP) is 11.9. The van der Waals surface area contributed by atoms with Crippen molar-refractivity contribution in [2.45, 2.75) is 25.4 Å². The summed E-state index contributed by atoms with van der Waals surface area (Å²) < 4.78 is 21.4. The van der Waals surface area contributed by atoms with E-state index in [0.717, 1.165) is 67.3 Å². The van der Waals surface area contributed by atoms with Crippen LogP contribution in [0.3, 0.4) is 0 Å². The van der Waals surface area contributed by atoms with Crippen molar-refractivity contribution in [1.29, 1.82) is 0 Å². The Kier molecular flexibility index (Phi) is 6.92. The van der Waals surface area contributed by atoms with Gasteiger partial charge in [-0.15, -0.1) is 0 Å². The van der Waals surface area contributed by atoms with E-state index in [-0.39, 0.29) is 5.41 Å². The Labute approximate surface area is 307 Å². The van der Waals surface area contributed by atoms with E-state index in [2.05, 4.69) is 113 Å². The number of halogens is 1. The van der Waals surface area contributed by atoms with Crippen LogP contribution in [0, 0.1) is 0 Å². The molecule has 0 aliphatic carbocycles. The lowest BCUT2D eigenvalue weighted by Gasteiger charge is -2.41. The molecule has 1 atom stereocenters. The second-order valence-electron chi connectivity index (χ2n) is 14.4. The van der Waals surface area contributed by atoms with Gasteiger partial charge in [-0.2, -0.15) is 0 Å². The van der Waals surface area contributed by atoms with Crippen LogP contribution < -0.4 is 4.90 Å². The first-order valence-corrected chi connectivity index (χ1v) is 18.0. The van der Waals surface area contributed by atoms with Gasteiger partial charge in [0.05, 0.1) is 27.8 Å². The Morgan fingerprint density at radius 2 is 1.34 bits per heavy atom. The monoisotopic (exact) mass is 689 g/mol. The number of hydrogen-bond donors (Lipinski definition) is 0. The molecular weight excluding hydrogens is 654 g/mol. The minimum atomic E-state index is -1.36. The second kappa shape index (κ2) is 11.8. The van der Waals surface area contributed by atoms with Crippen LogP contribution in [0.2, 0.25) is 0 Å². The normalized spacial score (nSPS) is 14.1. The fourth-order valence-electron chi connectivity index (χ4n) is 8.43. The third-order valence-corrected chi connectivity index (χ3v) is 11.0. The zero-order valence-electron chi connectivity index (χ0n) is 29.7. The molecule has 6 heteroatoms. The van der Waals surface area contributed by atoms with Crippen molar-refractivity contribution < 1.29 is 4.39 Å². The first-order valence-electron chi connectivity index (χ1n) is 18.0. The summed E-state index contributed by atoms with van der Waals surface area (Å²) in [5.41, 5.74) is 11.1. The van der Waals surface area contributed by atoms with Crippen LogP contribution in [0.25, 0.3) is 49.9 Å². The number of imidazole rings is 1. The van der Waals surface area contributed by atoms with Gasteiger partial charge in [-0.05, 0) is 71.3 Å². The van der Waals surface area contributed by atoms with Crippen LogP contribution in [0.4, 0.5) is 21.6 Å². The maximum Gasteiger partial charge on any atom is 0.150 e. The SMILES string of the molecule is Cn1c(-c2cccc(C(F)c3cccc(N4c5ncccc5C(C)(C)c5ccc6c7ccccc7n(-c7ccccc7)c6c54)c3)c2)nc2ccccc21. The van der Waals surface area contributed by atoms with Gasteiger partial charge in [-0.25, -0.2) is 14.4 Å². The van der Waals surface area contributed by atoms with Crippen molar-refractivity contribution in [3.05, 3.63) is 180 Å². The number of para-hydroxylation sites is 4.